The summed E-state index contributed by atoms with van der Waals surface area (Å²) in [6.07, 6.45) is 15.7. The van der Waals surface area contributed by atoms with E-state index in [1.807, 2.05) is 25.4 Å². The molecule has 2 heterocycles. The van der Waals surface area contributed by atoms with Crippen molar-refractivity contribution in [1.82, 2.24) is 16.0 Å². The van der Waals surface area contributed by atoms with Crippen molar-refractivity contribution in [2.45, 2.75) is 26.4 Å². The molecule has 3 rings (SSSR count). The van der Waals surface area contributed by atoms with E-state index in [4.69, 9.17) is 4.74 Å². The first-order chi connectivity index (χ1) is 13.2. The molecule has 0 aromatic heterocycles. The Labute approximate surface area is 164 Å². The number of aliphatic imine (C=N–C) groups is 1. The molecule has 0 saturated carbocycles. The Kier molecular flexibility index (Phi) is 7.08. The molecule has 0 bridgehead atoms. The summed E-state index contributed by atoms with van der Waals surface area (Å²) in [5.74, 6) is 0.932. The van der Waals surface area contributed by atoms with E-state index in [2.05, 4.69) is 61.4 Å². The van der Waals surface area contributed by atoms with Crippen molar-refractivity contribution in [2.24, 2.45) is 4.99 Å². The molecule has 1 fully saturated rings. The molecule has 0 spiro atoms. The Morgan fingerprint density at radius 2 is 2.22 bits per heavy atom. The number of dihydropyridines is 1. The van der Waals surface area contributed by atoms with Gasteiger partial charge in [-0.1, -0.05) is 19.1 Å². The summed E-state index contributed by atoms with van der Waals surface area (Å²) in [7, 11) is 2.84. The smallest absolute Gasteiger partial charge is 0.142 e. The summed E-state index contributed by atoms with van der Waals surface area (Å²) in [6.45, 7) is 7.47. The second-order valence-electron chi connectivity index (χ2n) is 6.63. The van der Waals surface area contributed by atoms with Gasteiger partial charge in [-0.25, -0.2) is 0 Å². The minimum atomic E-state index is 0.272. The van der Waals surface area contributed by atoms with Crippen molar-refractivity contribution < 1.29 is 4.74 Å². The first-order valence-corrected chi connectivity index (χ1v) is 10.1. The van der Waals surface area contributed by atoms with E-state index in [0.29, 0.717) is 6.54 Å². The topological polar surface area (TPSA) is 57.7 Å². The number of allylic oxidation sites excluding steroid dienone is 5. The van der Waals surface area contributed by atoms with Crippen molar-refractivity contribution in [1.29, 1.82) is 0 Å². The predicted molar refractivity (Wildman–Crippen MR) is 116 cm³/mol. The van der Waals surface area contributed by atoms with Crippen molar-refractivity contribution >= 4 is 15.0 Å². The van der Waals surface area contributed by atoms with Crippen molar-refractivity contribution in [3.05, 3.63) is 70.7 Å². The van der Waals surface area contributed by atoms with Crippen LogP contribution in [0.3, 0.4) is 0 Å². The van der Waals surface area contributed by atoms with Crippen molar-refractivity contribution in [3.63, 3.8) is 0 Å². The zero-order valence-electron chi connectivity index (χ0n) is 16.1. The highest BCUT2D eigenvalue weighted by molar-refractivity contribution is 7.23. The monoisotopic (exact) mass is 384 g/mol. The SMILES string of the molecule is C\C=C/N=C1\C=C(CNC2=CNCC=C2OC2CNC2)C=C(P)\C1=C/CC. The molecular formula is C21H29N4OP. The molecule has 0 aromatic rings. The lowest BCUT2D eigenvalue weighted by Gasteiger charge is -2.31. The average molecular weight is 384 g/mol. The van der Waals surface area contributed by atoms with E-state index in [1.165, 1.54) is 16.5 Å². The third-order valence-corrected chi connectivity index (χ3v) is 4.94. The molecule has 0 aromatic carbocycles. The van der Waals surface area contributed by atoms with Gasteiger partial charge in [0.2, 0.25) is 0 Å². The van der Waals surface area contributed by atoms with Gasteiger partial charge in [-0.15, -0.1) is 9.24 Å². The van der Waals surface area contributed by atoms with Crippen LogP contribution >= 0.6 is 9.24 Å². The molecule has 144 valence electrons. The van der Waals surface area contributed by atoms with Gasteiger partial charge in [0.15, 0.2) is 0 Å². The summed E-state index contributed by atoms with van der Waals surface area (Å²) in [6, 6.07) is 0. The molecule has 1 unspecified atom stereocenters. The molecule has 2 aliphatic heterocycles. The molecule has 0 amide bonds. The molecule has 1 atom stereocenters. The second-order valence-corrected chi connectivity index (χ2v) is 7.25. The van der Waals surface area contributed by atoms with E-state index >= 15 is 0 Å². The quantitative estimate of drug-likeness (QED) is 0.591. The third-order valence-electron chi connectivity index (χ3n) is 4.46. The first-order valence-electron chi connectivity index (χ1n) is 9.54. The van der Waals surface area contributed by atoms with Crippen molar-refractivity contribution in [2.75, 3.05) is 26.2 Å². The second kappa shape index (κ2) is 9.72. The zero-order chi connectivity index (χ0) is 19.1. The average Bonchev–Trinajstić information content (AvgIpc) is 2.64. The van der Waals surface area contributed by atoms with Gasteiger partial charge in [-0.2, -0.15) is 0 Å². The summed E-state index contributed by atoms with van der Waals surface area (Å²) in [5, 5.41) is 11.2. The number of hydrogen-bond donors (Lipinski definition) is 3. The number of nitrogens with one attached hydrogen (secondary N) is 3. The summed E-state index contributed by atoms with van der Waals surface area (Å²) < 4.78 is 6.07. The van der Waals surface area contributed by atoms with Crippen LogP contribution in [0.4, 0.5) is 0 Å². The minimum Gasteiger partial charge on any atom is -0.486 e. The molecule has 3 N–H and O–H groups in total. The molecule has 6 heteroatoms. The largest absolute Gasteiger partial charge is 0.486 e. The van der Waals surface area contributed by atoms with Gasteiger partial charge in [-0.05, 0) is 42.5 Å². The Morgan fingerprint density at radius 1 is 1.37 bits per heavy atom. The number of hydrogen-bond acceptors (Lipinski definition) is 5. The lowest BCUT2D eigenvalue weighted by molar-refractivity contribution is 0.0736. The fraction of sp³-hybridized carbons (Fsp3) is 0.381. The van der Waals surface area contributed by atoms with Crippen LogP contribution in [-0.2, 0) is 4.74 Å². The van der Waals surface area contributed by atoms with Gasteiger partial charge in [0.1, 0.15) is 11.9 Å². The zero-order valence-corrected chi connectivity index (χ0v) is 17.2. The molecule has 1 saturated heterocycles. The van der Waals surface area contributed by atoms with E-state index in [1.54, 1.807) is 0 Å². The van der Waals surface area contributed by atoms with Gasteiger partial charge >= 0.3 is 0 Å². The van der Waals surface area contributed by atoms with Crippen LogP contribution in [0.15, 0.2) is 75.7 Å². The van der Waals surface area contributed by atoms with Gasteiger partial charge in [0.25, 0.3) is 0 Å². The van der Waals surface area contributed by atoms with E-state index in [9.17, 15) is 0 Å². The van der Waals surface area contributed by atoms with E-state index in [0.717, 1.165) is 43.2 Å². The highest BCUT2D eigenvalue weighted by Crippen LogP contribution is 2.27. The van der Waals surface area contributed by atoms with Crippen LogP contribution in [0.2, 0.25) is 0 Å². The molecule has 27 heavy (non-hydrogen) atoms. The van der Waals surface area contributed by atoms with Crippen LogP contribution in [0, 0.1) is 0 Å². The highest BCUT2D eigenvalue weighted by Gasteiger charge is 2.22. The lowest BCUT2D eigenvalue weighted by Crippen LogP contribution is -2.48. The maximum Gasteiger partial charge on any atom is 0.142 e. The maximum absolute atomic E-state index is 6.07. The standard InChI is InChI=1S/C21H29N4OP/c1-3-5-17-18(24-7-4-2)9-15(10-21(17)27)11-25-19-14-22-8-6-20(19)26-16-12-23-13-16/h4-7,9-10,14,16,22-23,25H,3,8,11-13,27H2,1-2H3/b7-4-,17-5-,24-18+. The van der Waals surface area contributed by atoms with Gasteiger partial charge in [0.05, 0.1) is 11.4 Å². The lowest BCUT2D eigenvalue weighted by atomic mass is 9.98. The Morgan fingerprint density at radius 3 is 2.93 bits per heavy atom. The van der Waals surface area contributed by atoms with Crippen LogP contribution < -0.4 is 16.0 Å². The van der Waals surface area contributed by atoms with Gasteiger partial charge in [-0.3, -0.25) is 4.99 Å². The van der Waals surface area contributed by atoms with Crippen LogP contribution in [0.5, 0.6) is 0 Å². The summed E-state index contributed by atoms with van der Waals surface area (Å²) >= 11 is 0. The predicted octanol–water partition coefficient (Wildman–Crippen LogP) is 2.90. The number of rotatable bonds is 7. The van der Waals surface area contributed by atoms with Crippen LogP contribution in [-0.4, -0.2) is 38.0 Å². The Bertz CT molecular complexity index is 767. The highest BCUT2D eigenvalue weighted by atomic mass is 31.0. The number of ether oxygens (including phenoxy) is 1. The fourth-order valence-corrected chi connectivity index (χ4v) is 3.46. The van der Waals surface area contributed by atoms with Gasteiger partial charge < -0.3 is 20.7 Å². The molecule has 3 aliphatic rings. The number of nitrogens with zero attached hydrogens (tertiary/aromatic N) is 1. The Balaban J connectivity index is 1.69. The van der Waals surface area contributed by atoms with Gasteiger partial charge in [0, 0.05) is 44.2 Å². The fourth-order valence-electron chi connectivity index (χ4n) is 2.98. The molecule has 0 radical (unpaired) electrons. The van der Waals surface area contributed by atoms with E-state index in [-0.39, 0.29) is 6.10 Å². The maximum atomic E-state index is 6.07. The van der Waals surface area contributed by atoms with E-state index < -0.39 is 0 Å². The van der Waals surface area contributed by atoms with Crippen molar-refractivity contribution in [3.8, 4) is 0 Å². The normalized spacial score (nSPS) is 23.4. The first kappa shape index (κ1) is 19.7. The minimum absolute atomic E-state index is 0.272. The molecule has 1 aliphatic carbocycles. The summed E-state index contributed by atoms with van der Waals surface area (Å²) in [5.41, 5.74) is 4.37. The summed E-state index contributed by atoms with van der Waals surface area (Å²) in [4.78, 5) is 4.61. The molecular weight excluding hydrogens is 355 g/mol. The third kappa shape index (κ3) is 5.21. The molecule has 5 nitrogen and oxygen atoms in total. The van der Waals surface area contributed by atoms with Crippen LogP contribution in [0.1, 0.15) is 20.3 Å². The Hall–Kier alpha value is -2.10. The van der Waals surface area contributed by atoms with Crippen LogP contribution in [0.25, 0.3) is 0 Å².